The molecule has 2 aliphatic rings. The molecule has 0 radical (unpaired) electrons. The summed E-state index contributed by atoms with van der Waals surface area (Å²) >= 11 is 0. The van der Waals surface area contributed by atoms with Crippen LogP contribution in [-0.4, -0.2) is 46.1 Å². The molecule has 1 aliphatic carbocycles. The molecule has 1 saturated heterocycles. The first kappa shape index (κ1) is 14.4. The molecule has 1 amide bonds. The van der Waals surface area contributed by atoms with E-state index in [0.717, 1.165) is 31.7 Å². The second-order valence-corrected chi connectivity index (χ2v) is 6.60. The zero-order chi connectivity index (χ0) is 15.0. The van der Waals surface area contributed by atoms with E-state index in [1.165, 1.54) is 0 Å². The molecule has 2 bridgehead atoms. The fraction of sp³-hybridized carbons (Fsp3) is 0.688. The van der Waals surface area contributed by atoms with Crippen molar-refractivity contribution in [3.63, 3.8) is 0 Å². The van der Waals surface area contributed by atoms with Gasteiger partial charge >= 0.3 is 0 Å². The Morgan fingerprint density at radius 1 is 1.38 bits per heavy atom. The van der Waals surface area contributed by atoms with E-state index >= 15 is 0 Å². The number of likely N-dealkylation sites (tertiary alicyclic amines) is 1. The SMILES string of the molecule is Cc1cnc(C(=O)N2CC3CCC2C3OCC(C)C)cn1. The van der Waals surface area contributed by atoms with E-state index in [4.69, 9.17) is 4.74 Å². The van der Waals surface area contributed by atoms with E-state index < -0.39 is 0 Å². The van der Waals surface area contributed by atoms with E-state index in [0.29, 0.717) is 17.5 Å². The molecule has 2 heterocycles. The Morgan fingerprint density at radius 3 is 2.86 bits per heavy atom. The Hall–Kier alpha value is -1.49. The predicted octanol–water partition coefficient (Wildman–Crippen LogP) is 2.06. The van der Waals surface area contributed by atoms with Crippen LogP contribution < -0.4 is 0 Å². The number of fused-ring (bicyclic) bond motifs is 2. The summed E-state index contributed by atoms with van der Waals surface area (Å²) in [6, 6.07) is 0.212. The Morgan fingerprint density at radius 2 is 2.19 bits per heavy atom. The maximum Gasteiger partial charge on any atom is 0.274 e. The lowest BCUT2D eigenvalue weighted by Crippen LogP contribution is -2.40. The average molecular weight is 289 g/mol. The molecule has 21 heavy (non-hydrogen) atoms. The number of aromatic nitrogens is 2. The first-order valence-electron chi connectivity index (χ1n) is 7.77. The fourth-order valence-electron chi connectivity index (χ4n) is 3.38. The fourth-order valence-corrected chi connectivity index (χ4v) is 3.38. The smallest absolute Gasteiger partial charge is 0.274 e. The van der Waals surface area contributed by atoms with Crippen molar-refractivity contribution in [2.24, 2.45) is 11.8 Å². The standard InChI is InChI=1S/C16H23N3O2/c1-10(2)9-21-15-12-4-5-14(15)19(8-12)16(20)13-7-17-11(3)6-18-13/h6-7,10,12,14-15H,4-5,8-9H2,1-3H3. The third-order valence-electron chi connectivity index (χ3n) is 4.39. The summed E-state index contributed by atoms with van der Waals surface area (Å²) in [6.07, 6.45) is 5.63. The molecular formula is C16H23N3O2. The Kier molecular flexibility index (Phi) is 3.93. The molecule has 1 aliphatic heterocycles. The average Bonchev–Trinajstić information content (AvgIpc) is 3.02. The van der Waals surface area contributed by atoms with Gasteiger partial charge in [0, 0.05) is 25.3 Å². The van der Waals surface area contributed by atoms with Gasteiger partial charge in [0.05, 0.1) is 24.0 Å². The monoisotopic (exact) mass is 289 g/mol. The highest BCUT2D eigenvalue weighted by molar-refractivity contribution is 5.92. The quantitative estimate of drug-likeness (QED) is 0.851. The van der Waals surface area contributed by atoms with Crippen molar-refractivity contribution < 1.29 is 9.53 Å². The molecule has 1 saturated carbocycles. The largest absolute Gasteiger partial charge is 0.375 e. The van der Waals surface area contributed by atoms with Gasteiger partial charge < -0.3 is 9.64 Å². The number of amides is 1. The summed E-state index contributed by atoms with van der Waals surface area (Å²) < 4.78 is 6.06. The lowest BCUT2D eigenvalue weighted by molar-refractivity contribution is 0.0130. The molecule has 0 N–H and O–H groups in total. The van der Waals surface area contributed by atoms with Crippen molar-refractivity contribution in [1.29, 1.82) is 0 Å². The van der Waals surface area contributed by atoms with Crippen LogP contribution in [-0.2, 0) is 4.74 Å². The van der Waals surface area contributed by atoms with Crippen LogP contribution in [0, 0.1) is 18.8 Å². The Labute approximate surface area is 125 Å². The summed E-state index contributed by atoms with van der Waals surface area (Å²) in [5.74, 6) is 1.00. The van der Waals surface area contributed by atoms with Crippen LogP contribution in [0.3, 0.4) is 0 Å². The minimum Gasteiger partial charge on any atom is -0.375 e. The number of aryl methyl sites for hydroxylation is 1. The normalized spacial score (nSPS) is 27.6. The van der Waals surface area contributed by atoms with Crippen LogP contribution in [0.4, 0.5) is 0 Å². The highest BCUT2D eigenvalue weighted by Gasteiger charge is 2.49. The second kappa shape index (κ2) is 5.72. The van der Waals surface area contributed by atoms with Gasteiger partial charge in [-0.15, -0.1) is 0 Å². The highest BCUT2D eigenvalue weighted by atomic mass is 16.5. The third kappa shape index (κ3) is 2.79. The molecule has 3 unspecified atom stereocenters. The number of ether oxygens (including phenoxy) is 1. The lowest BCUT2D eigenvalue weighted by atomic mass is 10.1. The van der Waals surface area contributed by atoms with Gasteiger partial charge in [-0.05, 0) is 25.7 Å². The topological polar surface area (TPSA) is 55.3 Å². The first-order valence-corrected chi connectivity index (χ1v) is 7.77. The maximum absolute atomic E-state index is 12.6. The second-order valence-electron chi connectivity index (χ2n) is 6.60. The van der Waals surface area contributed by atoms with Gasteiger partial charge in [0.25, 0.3) is 5.91 Å². The first-order chi connectivity index (χ1) is 10.1. The Bertz CT molecular complexity index is 515. The van der Waals surface area contributed by atoms with Crippen molar-refractivity contribution >= 4 is 5.91 Å². The van der Waals surface area contributed by atoms with Gasteiger partial charge in [-0.3, -0.25) is 9.78 Å². The minimum absolute atomic E-state index is 0.00662. The summed E-state index contributed by atoms with van der Waals surface area (Å²) in [6.45, 7) is 7.74. The van der Waals surface area contributed by atoms with E-state index in [1.54, 1.807) is 12.4 Å². The molecule has 0 aromatic carbocycles. The van der Waals surface area contributed by atoms with Crippen LogP contribution in [0.2, 0.25) is 0 Å². The number of hydrogen-bond acceptors (Lipinski definition) is 4. The van der Waals surface area contributed by atoms with Gasteiger partial charge in [0.2, 0.25) is 0 Å². The van der Waals surface area contributed by atoms with Gasteiger partial charge in [-0.1, -0.05) is 13.8 Å². The van der Waals surface area contributed by atoms with Crippen molar-refractivity contribution in [2.75, 3.05) is 13.2 Å². The molecule has 3 atom stereocenters. The van der Waals surface area contributed by atoms with Gasteiger partial charge in [-0.25, -0.2) is 4.98 Å². The molecule has 0 spiro atoms. The summed E-state index contributed by atoms with van der Waals surface area (Å²) in [4.78, 5) is 22.9. The molecule has 2 fully saturated rings. The number of carbonyl (C=O) groups excluding carboxylic acids is 1. The van der Waals surface area contributed by atoms with Crippen LogP contribution in [0.5, 0.6) is 0 Å². The highest BCUT2D eigenvalue weighted by Crippen LogP contribution is 2.40. The van der Waals surface area contributed by atoms with Gasteiger partial charge in [-0.2, -0.15) is 0 Å². The molecule has 1 aromatic rings. The molecule has 5 nitrogen and oxygen atoms in total. The van der Waals surface area contributed by atoms with Crippen LogP contribution >= 0.6 is 0 Å². The zero-order valence-corrected chi connectivity index (χ0v) is 13.0. The van der Waals surface area contributed by atoms with Crippen molar-refractivity contribution in [3.8, 4) is 0 Å². The van der Waals surface area contributed by atoms with Gasteiger partial charge in [0.1, 0.15) is 5.69 Å². The van der Waals surface area contributed by atoms with Crippen LogP contribution in [0.25, 0.3) is 0 Å². The van der Waals surface area contributed by atoms with E-state index in [2.05, 4.69) is 23.8 Å². The zero-order valence-electron chi connectivity index (χ0n) is 13.0. The number of piperidine rings is 1. The number of carbonyl (C=O) groups is 1. The minimum atomic E-state index is -0.00662. The molecule has 3 rings (SSSR count). The molecular weight excluding hydrogens is 266 g/mol. The summed E-state index contributed by atoms with van der Waals surface area (Å²) in [7, 11) is 0. The van der Waals surface area contributed by atoms with Crippen LogP contribution in [0.1, 0.15) is 42.9 Å². The Balaban J connectivity index is 1.70. The predicted molar refractivity (Wildman–Crippen MR) is 78.9 cm³/mol. The number of rotatable bonds is 4. The van der Waals surface area contributed by atoms with Crippen molar-refractivity contribution in [2.45, 2.75) is 45.8 Å². The van der Waals surface area contributed by atoms with E-state index in [1.807, 2.05) is 11.8 Å². The number of nitrogens with zero attached hydrogens (tertiary/aromatic N) is 3. The molecule has 114 valence electrons. The van der Waals surface area contributed by atoms with E-state index in [9.17, 15) is 4.79 Å². The summed E-state index contributed by atoms with van der Waals surface area (Å²) in [5, 5.41) is 0. The van der Waals surface area contributed by atoms with Crippen LogP contribution in [0.15, 0.2) is 12.4 Å². The number of hydrogen-bond donors (Lipinski definition) is 0. The van der Waals surface area contributed by atoms with E-state index in [-0.39, 0.29) is 18.1 Å². The van der Waals surface area contributed by atoms with Crippen molar-refractivity contribution in [1.82, 2.24) is 14.9 Å². The third-order valence-corrected chi connectivity index (χ3v) is 4.39. The summed E-state index contributed by atoms with van der Waals surface area (Å²) in [5.41, 5.74) is 1.27. The lowest BCUT2D eigenvalue weighted by Gasteiger charge is -2.27. The molecule has 5 heteroatoms. The maximum atomic E-state index is 12.6. The molecule has 1 aromatic heterocycles. The van der Waals surface area contributed by atoms with Crippen molar-refractivity contribution in [3.05, 3.63) is 23.8 Å². The van der Waals surface area contributed by atoms with Gasteiger partial charge in [0.15, 0.2) is 0 Å².